The predicted molar refractivity (Wildman–Crippen MR) is 74.5 cm³/mol. The highest BCUT2D eigenvalue weighted by Gasteiger charge is 2.02. The minimum Gasteiger partial charge on any atom is -0.346 e. The van der Waals surface area contributed by atoms with E-state index in [9.17, 15) is 0 Å². The Balaban J connectivity index is 2.03. The molecule has 0 amide bonds. The average molecular weight is 243 g/mol. The lowest BCUT2D eigenvalue weighted by molar-refractivity contribution is 0.630. The van der Waals surface area contributed by atoms with Crippen LogP contribution in [0.3, 0.4) is 0 Å². The molecule has 0 aliphatic carbocycles. The van der Waals surface area contributed by atoms with Crippen LogP contribution in [0.1, 0.15) is 30.2 Å². The third-order valence-electron chi connectivity index (χ3n) is 2.94. The molecule has 0 unspecified atom stereocenters. The van der Waals surface area contributed by atoms with Crippen molar-refractivity contribution in [3.63, 3.8) is 0 Å². The summed E-state index contributed by atoms with van der Waals surface area (Å²) < 4.78 is 2.28. The SMILES string of the molecule is CCCNCc1cccn1Cc1cncc(C)c1. The van der Waals surface area contributed by atoms with Crippen LogP contribution in [0.4, 0.5) is 0 Å². The fourth-order valence-corrected chi connectivity index (χ4v) is 2.06. The molecule has 0 atom stereocenters. The van der Waals surface area contributed by atoms with Crippen molar-refractivity contribution in [2.45, 2.75) is 33.4 Å². The molecule has 0 bridgehead atoms. The topological polar surface area (TPSA) is 29.9 Å². The highest BCUT2D eigenvalue weighted by atomic mass is 15.0. The summed E-state index contributed by atoms with van der Waals surface area (Å²) in [5, 5.41) is 3.44. The molecule has 0 spiro atoms. The molecule has 96 valence electrons. The Hall–Kier alpha value is -1.61. The van der Waals surface area contributed by atoms with Crippen LogP contribution in [-0.4, -0.2) is 16.1 Å². The summed E-state index contributed by atoms with van der Waals surface area (Å²) in [5.41, 5.74) is 3.79. The van der Waals surface area contributed by atoms with Crippen LogP contribution in [0.25, 0.3) is 0 Å². The zero-order valence-electron chi connectivity index (χ0n) is 11.2. The molecule has 18 heavy (non-hydrogen) atoms. The number of aromatic nitrogens is 2. The first-order valence-corrected chi connectivity index (χ1v) is 6.55. The van der Waals surface area contributed by atoms with Gasteiger partial charge in [-0.3, -0.25) is 4.98 Å². The van der Waals surface area contributed by atoms with E-state index in [-0.39, 0.29) is 0 Å². The van der Waals surface area contributed by atoms with Crippen LogP contribution in [-0.2, 0) is 13.1 Å². The molecule has 0 radical (unpaired) electrons. The first kappa shape index (κ1) is 12.8. The molecule has 3 heteroatoms. The molecule has 2 heterocycles. The number of pyridine rings is 1. The lowest BCUT2D eigenvalue weighted by Gasteiger charge is -2.10. The van der Waals surface area contributed by atoms with Gasteiger partial charge in [0.25, 0.3) is 0 Å². The summed E-state index contributed by atoms with van der Waals surface area (Å²) >= 11 is 0. The van der Waals surface area contributed by atoms with Crippen LogP contribution >= 0.6 is 0 Å². The Bertz CT molecular complexity index is 488. The number of hydrogen-bond donors (Lipinski definition) is 1. The second-order valence-corrected chi connectivity index (χ2v) is 4.67. The van der Waals surface area contributed by atoms with Crippen LogP contribution in [0.15, 0.2) is 36.8 Å². The summed E-state index contributed by atoms with van der Waals surface area (Å²) in [5.74, 6) is 0. The smallest absolute Gasteiger partial charge is 0.0488 e. The molecule has 3 nitrogen and oxygen atoms in total. The van der Waals surface area contributed by atoms with Gasteiger partial charge in [-0.1, -0.05) is 13.0 Å². The van der Waals surface area contributed by atoms with E-state index in [0.717, 1.165) is 19.6 Å². The standard InChI is InChI=1S/C15H21N3/c1-3-6-16-11-15-5-4-7-18(15)12-14-8-13(2)9-17-10-14/h4-5,7-10,16H,3,6,11-12H2,1-2H3. The predicted octanol–water partition coefficient (Wildman–Crippen LogP) is 2.74. The Morgan fingerprint density at radius 2 is 2.22 bits per heavy atom. The van der Waals surface area contributed by atoms with Gasteiger partial charge in [-0.25, -0.2) is 0 Å². The van der Waals surface area contributed by atoms with E-state index in [1.54, 1.807) is 0 Å². The van der Waals surface area contributed by atoms with E-state index in [2.05, 4.69) is 53.1 Å². The maximum absolute atomic E-state index is 4.24. The number of rotatable bonds is 6. The molecule has 1 N–H and O–H groups in total. The van der Waals surface area contributed by atoms with Crippen molar-refractivity contribution in [1.29, 1.82) is 0 Å². The molecule has 0 aliphatic rings. The molecular weight excluding hydrogens is 222 g/mol. The molecule has 0 saturated carbocycles. The molecule has 2 rings (SSSR count). The average Bonchev–Trinajstić information content (AvgIpc) is 2.77. The van der Waals surface area contributed by atoms with Gasteiger partial charge in [0.05, 0.1) is 0 Å². The van der Waals surface area contributed by atoms with E-state index in [4.69, 9.17) is 0 Å². The van der Waals surface area contributed by atoms with Gasteiger partial charge in [-0.05, 0) is 43.1 Å². The number of aryl methyl sites for hydroxylation is 1. The van der Waals surface area contributed by atoms with Crippen LogP contribution in [0, 0.1) is 6.92 Å². The van der Waals surface area contributed by atoms with Gasteiger partial charge < -0.3 is 9.88 Å². The van der Waals surface area contributed by atoms with Crippen molar-refractivity contribution in [2.24, 2.45) is 0 Å². The van der Waals surface area contributed by atoms with E-state index >= 15 is 0 Å². The van der Waals surface area contributed by atoms with E-state index in [1.807, 2.05) is 12.4 Å². The van der Waals surface area contributed by atoms with Gasteiger partial charge in [0, 0.05) is 37.4 Å². The van der Waals surface area contributed by atoms with E-state index in [1.165, 1.54) is 23.2 Å². The molecular formula is C15H21N3. The molecule has 0 fully saturated rings. The number of nitrogens with one attached hydrogen (secondary N) is 1. The van der Waals surface area contributed by atoms with Crippen molar-refractivity contribution in [3.8, 4) is 0 Å². The zero-order chi connectivity index (χ0) is 12.8. The fourth-order valence-electron chi connectivity index (χ4n) is 2.06. The second-order valence-electron chi connectivity index (χ2n) is 4.67. The van der Waals surface area contributed by atoms with Crippen LogP contribution in [0.2, 0.25) is 0 Å². The lowest BCUT2D eigenvalue weighted by Crippen LogP contribution is -2.17. The van der Waals surface area contributed by atoms with Gasteiger partial charge in [0.2, 0.25) is 0 Å². The van der Waals surface area contributed by atoms with Gasteiger partial charge >= 0.3 is 0 Å². The first-order chi connectivity index (χ1) is 8.79. The summed E-state index contributed by atoms with van der Waals surface area (Å²) in [7, 11) is 0. The van der Waals surface area contributed by atoms with E-state index < -0.39 is 0 Å². The van der Waals surface area contributed by atoms with Gasteiger partial charge in [-0.15, -0.1) is 0 Å². The lowest BCUT2D eigenvalue weighted by atomic mass is 10.2. The third kappa shape index (κ3) is 3.44. The maximum atomic E-state index is 4.24. The summed E-state index contributed by atoms with van der Waals surface area (Å²) in [6.45, 7) is 7.16. The minimum absolute atomic E-state index is 0.894. The Morgan fingerprint density at radius 3 is 3.00 bits per heavy atom. The Kier molecular flexibility index (Phi) is 4.53. The fraction of sp³-hybridized carbons (Fsp3) is 0.400. The van der Waals surface area contributed by atoms with E-state index in [0.29, 0.717) is 0 Å². The Labute approximate surface area is 109 Å². The summed E-state index contributed by atoms with van der Waals surface area (Å²) in [6.07, 6.45) is 7.13. The molecule has 2 aromatic heterocycles. The van der Waals surface area contributed by atoms with Crippen molar-refractivity contribution in [1.82, 2.24) is 14.9 Å². The molecule has 2 aromatic rings. The highest BCUT2D eigenvalue weighted by molar-refractivity contribution is 5.18. The molecule has 0 aliphatic heterocycles. The first-order valence-electron chi connectivity index (χ1n) is 6.55. The monoisotopic (exact) mass is 243 g/mol. The van der Waals surface area contributed by atoms with Crippen LogP contribution < -0.4 is 5.32 Å². The molecule has 0 aromatic carbocycles. The third-order valence-corrected chi connectivity index (χ3v) is 2.94. The van der Waals surface area contributed by atoms with Crippen molar-refractivity contribution in [2.75, 3.05) is 6.54 Å². The molecule has 0 saturated heterocycles. The largest absolute Gasteiger partial charge is 0.346 e. The number of hydrogen-bond acceptors (Lipinski definition) is 2. The van der Waals surface area contributed by atoms with Gasteiger partial charge in [0.15, 0.2) is 0 Å². The van der Waals surface area contributed by atoms with Crippen molar-refractivity contribution in [3.05, 3.63) is 53.6 Å². The van der Waals surface area contributed by atoms with Crippen molar-refractivity contribution < 1.29 is 0 Å². The Morgan fingerprint density at radius 1 is 1.33 bits per heavy atom. The quantitative estimate of drug-likeness (QED) is 0.791. The van der Waals surface area contributed by atoms with Gasteiger partial charge in [0.1, 0.15) is 0 Å². The highest BCUT2D eigenvalue weighted by Crippen LogP contribution is 2.08. The van der Waals surface area contributed by atoms with Gasteiger partial charge in [-0.2, -0.15) is 0 Å². The summed E-state index contributed by atoms with van der Waals surface area (Å²) in [6, 6.07) is 6.47. The second kappa shape index (κ2) is 6.36. The maximum Gasteiger partial charge on any atom is 0.0488 e. The minimum atomic E-state index is 0.894. The van der Waals surface area contributed by atoms with Crippen LogP contribution in [0.5, 0.6) is 0 Å². The normalized spacial score (nSPS) is 10.8. The zero-order valence-corrected chi connectivity index (χ0v) is 11.2. The number of nitrogens with zero attached hydrogens (tertiary/aromatic N) is 2. The van der Waals surface area contributed by atoms with Crippen molar-refractivity contribution >= 4 is 0 Å². The summed E-state index contributed by atoms with van der Waals surface area (Å²) in [4.78, 5) is 4.24.